The maximum absolute atomic E-state index is 14.1. The Balaban J connectivity index is 1.70. The molecule has 142 valence electrons. The van der Waals surface area contributed by atoms with E-state index in [-0.39, 0.29) is 0 Å². The van der Waals surface area contributed by atoms with Crippen LogP contribution in [0.4, 0.5) is 0 Å². The molecule has 0 bridgehead atoms. The highest BCUT2D eigenvalue weighted by Crippen LogP contribution is 2.35. The van der Waals surface area contributed by atoms with Crippen molar-refractivity contribution >= 4 is 61.5 Å². The molecule has 0 saturated heterocycles. The Kier molecular flexibility index (Phi) is 3.97. The number of hydrogen-bond acceptors (Lipinski definition) is 1. The van der Waals surface area contributed by atoms with E-state index >= 15 is 0 Å². The van der Waals surface area contributed by atoms with E-state index in [9.17, 15) is 4.57 Å². The molecule has 6 aromatic rings. The lowest BCUT2D eigenvalue weighted by Crippen LogP contribution is -2.09. The lowest BCUT2D eigenvalue weighted by Gasteiger charge is -2.14. The van der Waals surface area contributed by atoms with Gasteiger partial charge in [-0.05, 0) is 55.2 Å². The summed E-state index contributed by atoms with van der Waals surface area (Å²) in [5, 5.41) is 11.0. The zero-order valence-corrected chi connectivity index (χ0v) is 17.3. The molecule has 0 spiro atoms. The Morgan fingerprint density at radius 2 is 0.733 bits per heavy atom. The van der Waals surface area contributed by atoms with Gasteiger partial charge in [-0.1, -0.05) is 97.1 Å². The molecule has 0 saturated carbocycles. The lowest BCUT2D eigenvalue weighted by molar-refractivity contribution is 0.598. The molecule has 0 aliphatic carbocycles. The van der Waals surface area contributed by atoms with E-state index in [2.05, 4.69) is 84.9 Å². The van der Waals surface area contributed by atoms with Crippen molar-refractivity contribution in [2.45, 2.75) is 0 Å². The van der Waals surface area contributed by atoms with Crippen molar-refractivity contribution in [2.24, 2.45) is 0 Å². The summed E-state index contributed by atoms with van der Waals surface area (Å²) in [5.41, 5.74) is 0. The molecule has 0 aromatic heterocycles. The first-order valence-electron chi connectivity index (χ1n) is 10.2. The average molecular weight is 402 g/mol. The van der Waals surface area contributed by atoms with Gasteiger partial charge in [0.2, 0.25) is 0 Å². The van der Waals surface area contributed by atoms with E-state index in [0.717, 1.165) is 42.9 Å². The highest BCUT2D eigenvalue weighted by molar-refractivity contribution is 7.62. The second kappa shape index (κ2) is 6.83. The number of rotatable bonds is 2. The fourth-order valence-electron chi connectivity index (χ4n) is 4.63. The van der Waals surface area contributed by atoms with Crippen molar-refractivity contribution in [1.29, 1.82) is 0 Å². The van der Waals surface area contributed by atoms with E-state index in [1.54, 1.807) is 0 Å². The van der Waals surface area contributed by atoms with E-state index in [0.29, 0.717) is 0 Å². The van der Waals surface area contributed by atoms with Gasteiger partial charge in [0.25, 0.3) is 0 Å². The summed E-state index contributed by atoms with van der Waals surface area (Å²) in [7, 11) is -2.23. The van der Waals surface area contributed by atoms with Gasteiger partial charge in [0.15, 0.2) is 0 Å². The third-order valence-electron chi connectivity index (χ3n) is 6.03. The smallest absolute Gasteiger partial charge is 0.133 e. The van der Waals surface area contributed by atoms with Crippen LogP contribution < -0.4 is 10.6 Å². The van der Waals surface area contributed by atoms with Gasteiger partial charge in [-0.2, -0.15) is 0 Å². The Labute approximate surface area is 175 Å². The zero-order valence-electron chi connectivity index (χ0n) is 16.3. The molecule has 0 amide bonds. The van der Waals surface area contributed by atoms with Crippen LogP contribution in [-0.4, -0.2) is 0 Å². The highest BCUT2D eigenvalue weighted by atomic mass is 31.1. The van der Waals surface area contributed by atoms with Crippen molar-refractivity contribution in [3.05, 3.63) is 109 Å². The Morgan fingerprint density at radius 1 is 0.400 bits per heavy atom. The van der Waals surface area contributed by atoms with Crippen molar-refractivity contribution in [2.75, 3.05) is 0 Å². The lowest BCUT2D eigenvalue weighted by atomic mass is 10.0. The van der Waals surface area contributed by atoms with Crippen LogP contribution in [0.3, 0.4) is 0 Å². The average Bonchev–Trinajstić information content (AvgIpc) is 2.82. The van der Waals surface area contributed by atoms with Crippen molar-refractivity contribution in [3.63, 3.8) is 0 Å². The summed E-state index contributed by atoms with van der Waals surface area (Å²) < 4.78 is 14.1. The summed E-state index contributed by atoms with van der Waals surface area (Å²) in [6.07, 6.45) is 0. The van der Waals surface area contributed by atoms with Gasteiger partial charge >= 0.3 is 0 Å². The molecule has 0 atom stereocenters. The Bertz CT molecular complexity index is 1490. The maximum atomic E-state index is 14.1. The van der Waals surface area contributed by atoms with Gasteiger partial charge in [-0.25, -0.2) is 0 Å². The molecule has 0 heterocycles. The topological polar surface area (TPSA) is 17.1 Å². The second-order valence-corrected chi connectivity index (χ2v) is 9.45. The van der Waals surface area contributed by atoms with Crippen LogP contribution in [0.15, 0.2) is 109 Å². The molecule has 0 fully saturated rings. The van der Waals surface area contributed by atoms with Crippen LogP contribution in [0.2, 0.25) is 0 Å². The van der Waals surface area contributed by atoms with Gasteiger partial charge in [-0.3, -0.25) is 0 Å². The first-order chi connectivity index (χ1) is 14.8. The molecule has 0 unspecified atom stereocenters. The predicted octanol–water partition coefficient (Wildman–Crippen LogP) is 6.81. The van der Waals surface area contributed by atoms with Gasteiger partial charge in [0, 0.05) is 10.6 Å². The van der Waals surface area contributed by atoms with E-state index in [1.165, 1.54) is 10.8 Å². The van der Waals surface area contributed by atoms with Gasteiger partial charge < -0.3 is 4.57 Å². The molecule has 2 heteroatoms. The van der Waals surface area contributed by atoms with Gasteiger partial charge in [0.05, 0.1) is 0 Å². The largest absolute Gasteiger partial charge is 0.317 e. The molecule has 30 heavy (non-hydrogen) atoms. The fraction of sp³-hybridized carbons (Fsp3) is 0. The predicted molar refractivity (Wildman–Crippen MR) is 131 cm³/mol. The van der Waals surface area contributed by atoms with Crippen LogP contribution in [0.1, 0.15) is 0 Å². The molecule has 0 N–H and O–H groups in total. The van der Waals surface area contributed by atoms with E-state index in [4.69, 9.17) is 0 Å². The molecular weight excluding hydrogens is 383 g/mol. The minimum atomic E-state index is -2.23. The van der Waals surface area contributed by atoms with Crippen LogP contribution in [0.25, 0.3) is 43.1 Å². The first-order valence-corrected chi connectivity index (χ1v) is 11.6. The standard InChI is InChI=1S/C28H19OP/c29-30(27-17-19-9-1-3-11-21(19)23-13-5-7-15-25(23)27)28-18-20-10-2-4-12-22(20)24-14-6-8-16-26(24)28/h1-18,30H. The zero-order chi connectivity index (χ0) is 20.1. The third kappa shape index (κ3) is 2.60. The second-order valence-electron chi connectivity index (χ2n) is 7.71. The minimum Gasteiger partial charge on any atom is -0.317 e. The first kappa shape index (κ1) is 17.4. The van der Waals surface area contributed by atoms with E-state index < -0.39 is 7.80 Å². The Morgan fingerprint density at radius 3 is 1.17 bits per heavy atom. The summed E-state index contributed by atoms with van der Waals surface area (Å²) in [6, 6.07) is 37.6. The van der Waals surface area contributed by atoms with Crippen molar-refractivity contribution < 1.29 is 4.57 Å². The highest BCUT2D eigenvalue weighted by Gasteiger charge is 2.17. The van der Waals surface area contributed by atoms with E-state index in [1.807, 2.05) is 24.3 Å². The van der Waals surface area contributed by atoms with Crippen LogP contribution >= 0.6 is 7.80 Å². The summed E-state index contributed by atoms with van der Waals surface area (Å²) >= 11 is 0. The number of benzene rings is 6. The SMILES string of the molecule is O=[PH](c1cc2ccccc2c2ccccc12)c1cc2ccccc2c2ccccc12. The maximum Gasteiger partial charge on any atom is 0.133 e. The third-order valence-corrected chi connectivity index (χ3v) is 7.83. The summed E-state index contributed by atoms with van der Waals surface area (Å²) in [5.74, 6) is 0. The molecular formula is C28H19OP. The monoisotopic (exact) mass is 402 g/mol. The summed E-state index contributed by atoms with van der Waals surface area (Å²) in [4.78, 5) is 0. The minimum absolute atomic E-state index is 0.940. The van der Waals surface area contributed by atoms with Crippen LogP contribution in [0, 0.1) is 0 Å². The fourth-order valence-corrected chi connectivity index (χ4v) is 6.42. The summed E-state index contributed by atoms with van der Waals surface area (Å²) in [6.45, 7) is 0. The van der Waals surface area contributed by atoms with Gasteiger partial charge in [0.1, 0.15) is 7.80 Å². The molecule has 1 nitrogen and oxygen atoms in total. The normalized spacial score (nSPS) is 11.8. The van der Waals surface area contributed by atoms with Crippen LogP contribution in [-0.2, 0) is 4.57 Å². The molecule has 6 rings (SSSR count). The molecule has 0 aliphatic rings. The Hall–Kier alpha value is -3.41. The molecule has 0 radical (unpaired) electrons. The van der Waals surface area contributed by atoms with Crippen molar-refractivity contribution in [1.82, 2.24) is 0 Å². The number of hydrogen-bond donors (Lipinski definition) is 0. The van der Waals surface area contributed by atoms with Crippen molar-refractivity contribution in [3.8, 4) is 0 Å². The molecule has 6 aromatic carbocycles. The van der Waals surface area contributed by atoms with Gasteiger partial charge in [-0.15, -0.1) is 0 Å². The number of fused-ring (bicyclic) bond motifs is 6. The quantitative estimate of drug-likeness (QED) is 0.230. The molecule has 0 aliphatic heterocycles. The van der Waals surface area contributed by atoms with Crippen LogP contribution in [0.5, 0.6) is 0 Å².